The Morgan fingerprint density at radius 1 is 0.973 bits per heavy atom. The molecule has 196 valence electrons. The van der Waals surface area contributed by atoms with E-state index < -0.39 is 35.4 Å². The van der Waals surface area contributed by atoms with Crippen LogP contribution in [-0.2, 0) is 17.5 Å². The molecule has 0 aliphatic heterocycles. The highest BCUT2D eigenvalue weighted by Crippen LogP contribution is 2.32. The van der Waals surface area contributed by atoms with E-state index in [0.29, 0.717) is 29.0 Å². The molecule has 0 aliphatic rings. The zero-order valence-electron chi connectivity index (χ0n) is 20.2. The van der Waals surface area contributed by atoms with Crippen molar-refractivity contribution in [3.63, 3.8) is 0 Å². The molecule has 3 rings (SSSR count). The molecule has 1 aromatic heterocycles. The number of nitrogens with one attached hydrogen (secondary N) is 3. The highest BCUT2D eigenvalue weighted by Gasteiger charge is 2.34. The van der Waals surface area contributed by atoms with Crippen molar-refractivity contribution in [2.24, 2.45) is 5.92 Å². The second-order valence-corrected chi connectivity index (χ2v) is 8.55. The number of likely N-dealkylation sites (N-methyl/N-ethyl adjacent to an activating group) is 1. The van der Waals surface area contributed by atoms with E-state index in [1.807, 2.05) is 0 Å². The Morgan fingerprint density at radius 2 is 1.70 bits per heavy atom. The van der Waals surface area contributed by atoms with E-state index in [2.05, 4.69) is 16.0 Å². The molecule has 7 nitrogen and oxygen atoms in total. The van der Waals surface area contributed by atoms with Crippen LogP contribution in [0.4, 0.5) is 17.6 Å². The Hall–Kier alpha value is -4.15. The molecule has 3 N–H and O–H groups in total. The first-order chi connectivity index (χ1) is 17.4. The van der Waals surface area contributed by atoms with Gasteiger partial charge in [-0.2, -0.15) is 13.2 Å². The largest absolute Gasteiger partial charge is 0.451 e. The minimum absolute atomic E-state index is 0.0000348. The van der Waals surface area contributed by atoms with Crippen LogP contribution in [0.15, 0.2) is 59.0 Å². The Kier molecular flexibility index (Phi) is 8.36. The molecule has 3 amide bonds. The number of rotatable bonds is 8. The van der Waals surface area contributed by atoms with Gasteiger partial charge in [0.15, 0.2) is 5.76 Å². The number of furan rings is 1. The molecule has 0 spiro atoms. The van der Waals surface area contributed by atoms with Crippen LogP contribution in [-0.4, -0.2) is 30.8 Å². The normalized spacial score (nSPS) is 12.2. The van der Waals surface area contributed by atoms with Gasteiger partial charge in [0.25, 0.3) is 11.8 Å². The Morgan fingerprint density at radius 3 is 2.35 bits per heavy atom. The third-order valence-corrected chi connectivity index (χ3v) is 5.51. The molecule has 1 heterocycles. The van der Waals surface area contributed by atoms with Gasteiger partial charge in [0.05, 0.1) is 5.56 Å². The number of hydrogen-bond donors (Lipinski definition) is 3. The third kappa shape index (κ3) is 6.75. The molecule has 0 aliphatic carbocycles. The Labute approximate surface area is 210 Å². The van der Waals surface area contributed by atoms with Crippen molar-refractivity contribution in [3.05, 3.63) is 82.9 Å². The molecule has 0 saturated carbocycles. The van der Waals surface area contributed by atoms with Gasteiger partial charge in [-0.3, -0.25) is 14.4 Å². The predicted molar refractivity (Wildman–Crippen MR) is 127 cm³/mol. The topological polar surface area (TPSA) is 100 Å². The Bertz CT molecular complexity index is 1300. The number of alkyl halides is 3. The SMILES string of the molecule is CNC(=O)[C@@H](NC(=O)c1ccc(-c2cccc(CNC(=O)c3ccc(F)c(C(F)(F)F)c3)c2)o1)C(C)C. The molecular weight excluding hydrogens is 494 g/mol. The van der Waals surface area contributed by atoms with Gasteiger partial charge in [-0.25, -0.2) is 4.39 Å². The zero-order valence-corrected chi connectivity index (χ0v) is 20.2. The fourth-order valence-electron chi connectivity index (χ4n) is 3.52. The molecule has 0 fully saturated rings. The van der Waals surface area contributed by atoms with E-state index in [-0.39, 0.29) is 29.7 Å². The first-order valence-electron chi connectivity index (χ1n) is 11.3. The third-order valence-electron chi connectivity index (χ3n) is 5.51. The maximum Gasteiger partial charge on any atom is 0.419 e. The lowest BCUT2D eigenvalue weighted by Gasteiger charge is -2.19. The number of carbonyl (C=O) groups is 3. The van der Waals surface area contributed by atoms with Gasteiger partial charge in [-0.05, 0) is 47.9 Å². The van der Waals surface area contributed by atoms with Crippen LogP contribution in [0.25, 0.3) is 11.3 Å². The smallest absolute Gasteiger partial charge is 0.419 e. The maximum atomic E-state index is 13.5. The van der Waals surface area contributed by atoms with Gasteiger partial charge in [0, 0.05) is 24.7 Å². The summed E-state index contributed by atoms with van der Waals surface area (Å²) in [5.74, 6) is -2.96. The van der Waals surface area contributed by atoms with Crippen LogP contribution in [0, 0.1) is 11.7 Å². The van der Waals surface area contributed by atoms with Crippen molar-refractivity contribution >= 4 is 17.7 Å². The number of carbonyl (C=O) groups excluding carboxylic acids is 3. The van der Waals surface area contributed by atoms with Gasteiger partial charge in [-0.15, -0.1) is 0 Å². The molecule has 0 radical (unpaired) electrons. The molecular formula is C26H25F4N3O4. The summed E-state index contributed by atoms with van der Waals surface area (Å²) in [6, 6.07) is 11.1. The first kappa shape index (κ1) is 27.4. The average Bonchev–Trinajstić information content (AvgIpc) is 3.35. The van der Waals surface area contributed by atoms with E-state index in [1.54, 1.807) is 44.2 Å². The lowest BCUT2D eigenvalue weighted by Crippen LogP contribution is -2.48. The molecule has 3 aromatic rings. The number of amides is 3. The fourth-order valence-corrected chi connectivity index (χ4v) is 3.52. The highest BCUT2D eigenvalue weighted by molar-refractivity contribution is 5.96. The van der Waals surface area contributed by atoms with Crippen LogP contribution in [0.5, 0.6) is 0 Å². The van der Waals surface area contributed by atoms with Crippen molar-refractivity contribution in [1.82, 2.24) is 16.0 Å². The van der Waals surface area contributed by atoms with E-state index in [0.717, 1.165) is 6.07 Å². The zero-order chi connectivity index (χ0) is 27.3. The van der Waals surface area contributed by atoms with E-state index in [1.165, 1.54) is 13.1 Å². The average molecular weight is 519 g/mol. The van der Waals surface area contributed by atoms with Crippen LogP contribution in [0.3, 0.4) is 0 Å². The summed E-state index contributed by atoms with van der Waals surface area (Å²) in [6.45, 7) is 3.56. The molecule has 0 saturated heterocycles. The molecule has 1 atom stereocenters. The summed E-state index contributed by atoms with van der Waals surface area (Å²) in [4.78, 5) is 36.9. The van der Waals surface area contributed by atoms with Crippen molar-refractivity contribution in [2.45, 2.75) is 32.6 Å². The van der Waals surface area contributed by atoms with Crippen molar-refractivity contribution in [1.29, 1.82) is 0 Å². The van der Waals surface area contributed by atoms with E-state index in [4.69, 9.17) is 4.42 Å². The lowest BCUT2D eigenvalue weighted by molar-refractivity contribution is -0.140. The van der Waals surface area contributed by atoms with E-state index in [9.17, 15) is 31.9 Å². The molecule has 37 heavy (non-hydrogen) atoms. The van der Waals surface area contributed by atoms with Gasteiger partial charge >= 0.3 is 6.18 Å². The number of hydrogen-bond acceptors (Lipinski definition) is 4. The molecule has 0 unspecified atom stereocenters. The highest BCUT2D eigenvalue weighted by atomic mass is 19.4. The molecule has 11 heteroatoms. The van der Waals surface area contributed by atoms with Crippen molar-refractivity contribution in [3.8, 4) is 11.3 Å². The summed E-state index contributed by atoms with van der Waals surface area (Å²) >= 11 is 0. The summed E-state index contributed by atoms with van der Waals surface area (Å²) in [7, 11) is 1.48. The van der Waals surface area contributed by atoms with Crippen molar-refractivity contribution in [2.75, 3.05) is 7.05 Å². The second kappa shape index (κ2) is 11.3. The van der Waals surface area contributed by atoms with Gasteiger partial charge in [0.1, 0.15) is 17.6 Å². The summed E-state index contributed by atoms with van der Waals surface area (Å²) in [5.41, 5.74) is -0.664. The van der Waals surface area contributed by atoms with Gasteiger partial charge in [0.2, 0.25) is 5.91 Å². The monoisotopic (exact) mass is 519 g/mol. The van der Waals surface area contributed by atoms with Crippen LogP contribution in [0.2, 0.25) is 0 Å². The summed E-state index contributed by atoms with van der Waals surface area (Å²) < 4.78 is 57.9. The standard InChI is InChI=1S/C26H25F4N3O4/c1-14(2)22(25(36)31-3)33-24(35)21-10-9-20(37-21)16-6-4-5-15(11-16)13-32-23(34)17-7-8-19(27)18(12-17)26(28,29)30/h4-12,14,22H,13H2,1-3H3,(H,31,36)(H,32,34)(H,33,35)/t22-/m0/s1. The Balaban J connectivity index is 1.69. The number of benzene rings is 2. The minimum Gasteiger partial charge on any atom is -0.451 e. The maximum absolute atomic E-state index is 13.5. The number of halogens is 4. The fraction of sp³-hybridized carbons (Fsp3) is 0.269. The minimum atomic E-state index is -4.92. The van der Waals surface area contributed by atoms with Crippen LogP contribution >= 0.6 is 0 Å². The molecule has 2 aromatic carbocycles. The second-order valence-electron chi connectivity index (χ2n) is 8.55. The molecule has 0 bridgehead atoms. The van der Waals surface area contributed by atoms with Crippen LogP contribution in [0.1, 0.15) is 45.9 Å². The van der Waals surface area contributed by atoms with Crippen LogP contribution < -0.4 is 16.0 Å². The lowest BCUT2D eigenvalue weighted by atomic mass is 10.0. The van der Waals surface area contributed by atoms with Gasteiger partial charge < -0.3 is 20.4 Å². The summed E-state index contributed by atoms with van der Waals surface area (Å²) in [5, 5.41) is 7.64. The summed E-state index contributed by atoms with van der Waals surface area (Å²) in [6.07, 6.45) is -4.92. The first-order valence-corrected chi connectivity index (χ1v) is 11.3. The van der Waals surface area contributed by atoms with Gasteiger partial charge in [-0.1, -0.05) is 32.0 Å². The van der Waals surface area contributed by atoms with E-state index >= 15 is 0 Å². The van der Waals surface area contributed by atoms with Crippen molar-refractivity contribution < 1.29 is 36.4 Å². The quantitative estimate of drug-likeness (QED) is 0.381. The predicted octanol–water partition coefficient (Wildman–Crippen LogP) is 4.53.